The number of carbonyl (C=O) groups excluding carboxylic acids is 1. The molecule has 2 aliphatic rings. The van der Waals surface area contributed by atoms with Crippen molar-refractivity contribution in [2.45, 2.75) is 65.2 Å². The Kier molecular flexibility index (Phi) is 5.84. The number of benzene rings is 1. The van der Waals surface area contributed by atoms with E-state index in [4.69, 9.17) is 4.42 Å². The molecule has 2 heterocycles. The number of furan rings is 1. The Hall–Kier alpha value is -1.33. The molecule has 0 saturated carbocycles. The van der Waals surface area contributed by atoms with Crippen molar-refractivity contribution in [3.63, 3.8) is 0 Å². The lowest BCUT2D eigenvalue weighted by Gasteiger charge is -2.11. The van der Waals surface area contributed by atoms with Crippen molar-refractivity contribution in [1.82, 2.24) is 0 Å². The number of rotatable bonds is 5. The monoisotopic (exact) mass is 505 g/mol. The van der Waals surface area contributed by atoms with Crippen LogP contribution in [0.25, 0.3) is 11.6 Å². The normalized spacial score (nSPS) is 17.0. The average molecular weight is 507 g/mol. The largest absolute Gasteiger partial charge is 0.461 e. The van der Waals surface area contributed by atoms with E-state index in [2.05, 4.69) is 44.1 Å². The standard InChI is InChI=1S/C23H25Br2NO2/c1-3-4-5-8-15-14-9-6-7-10-19(14)28-20(15)11-16-21-13(2)17(24)12-18(25)22(21)26-23(16)27/h11-12H,3-10H2,1-2H3,(H,26,27). The van der Waals surface area contributed by atoms with Crippen LogP contribution in [0.15, 0.2) is 19.4 Å². The van der Waals surface area contributed by atoms with Gasteiger partial charge in [0, 0.05) is 26.5 Å². The highest BCUT2D eigenvalue weighted by Gasteiger charge is 2.30. The number of carbonyl (C=O) groups is 1. The highest BCUT2D eigenvalue weighted by molar-refractivity contribution is 9.11. The minimum Gasteiger partial charge on any atom is -0.461 e. The Morgan fingerprint density at radius 3 is 2.75 bits per heavy atom. The molecule has 1 amide bonds. The Morgan fingerprint density at radius 1 is 1.18 bits per heavy atom. The number of aryl methyl sites for hydroxylation is 1. The first-order chi connectivity index (χ1) is 13.5. The van der Waals surface area contributed by atoms with E-state index < -0.39 is 0 Å². The Labute approximate surface area is 183 Å². The number of unbranched alkanes of at least 4 members (excludes halogenated alkanes) is 2. The molecule has 28 heavy (non-hydrogen) atoms. The van der Waals surface area contributed by atoms with Crippen LogP contribution in [0.1, 0.15) is 72.8 Å². The van der Waals surface area contributed by atoms with Gasteiger partial charge in [0.2, 0.25) is 0 Å². The van der Waals surface area contributed by atoms with Crippen LogP contribution in [-0.4, -0.2) is 5.91 Å². The molecule has 0 unspecified atom stereocenters. The lowest BCUT2D eigenvalue weighted by Crippen LogP contribution is -2.04. The van der Waals surface area contributed by atoms with Crippen molar-refractivity contribution in [3.8, 4) is 0 Å². The number of amides is 1. The fraction of sp³-hybridized carbons (Fsp3) is 0.435. The lowest BCUT2D eigenvalue weighted by atomic mass is 9.91. The summed E-state index contributed by atoms with van der Waals surface area (Å²) in [6.07, 6.45) is 11.1. The second kappa shape index (κ2) is 8.19. The lowest BCUT2D eigenvalue weighted by molar-refractivity contribution is -0.110. The number of hydrogen-bond donors (Lipinski definition) is 1. The van der Waals surface area contributed by atoms with Gasteiger partial charge < -0.3 is 9.73 Å². The third kappa shape index (κ3) is 3.52. The molecule has 2 aromatic rings. The van der Waals surface area contributed by atoms with Crippen LogP contribution in [0.3, 0.4) is 0 Å². The molecule has 1 aromatic carbocycles. The van der Waals surface area contributed by atoms with Gasteiger partial charge in [-0.3, -0.25) is 4.79 Å². The van der Waals surface area contributed by atoms with Gasteiger partial charge in [-0.2, -0.15) is 0 Å². The van der Waals surface area contributed by atoms with E-state index in [1.54, 1.807) is 0 Å². The average Bonchev–Trinajstić information content (AvgIpc) is 3.19. The van der Waals surface area contributed by atoms with Gasteiger partial charge in [0.1, 0.15) is 11.5 Å². The quantitative estimate of drug-likeness (QED) is 0.343. The molecule has 1 N–H and O–H groups in total. The fourth-order valence-corrected chi connectivity index (χ4v) is 5.60. The minimum absolute atomic E-state index is 0.0641. The zero-order valence-corrected chi connectivity index (χ0v) is 19.6. The maximum atomic E-state index is 12.8. The van der Waals surface area contributed by atoms with Gasteiger partial charge in [-0.15, -0.1) is 0 Å². The van der Waals surface area contributed by atoms with E-state index in [-0.39, 0.29) is 5.91 Å². The van der Waals surface area contributed by atoms with E-state index in [0.29, 0.717) is 5.57 Å². The van der Waals surface area contributed by atoms with E-state index in [1.807, 2.05) is 19.1 Å². The zero-order valence-electron chi connectivity index (χ0n) is 16.4. The Balaban J connectivity index is 1.82. The van der Waals surface area contributed by atoms with Gasteiger partial charge >= 0.3 is 0 Å². The first-order valence-electron chi connectivity index (χ1n) is 10.2. The van der Waals surface area contributed by atoms with Crippen molar-refractivity contribution in [2.75, 3.05) is 5.32 Å². The minimum atomic E-state index is -0.0641. The number of nitrogens with one attached hydrogen (secondary N) is 1. The molecule has 148 valence electrons. The summed E-state index contributed by atoms with van der Waals surface area (Å²) in [5, 5.41) is 3.02. The molecule has 0 fully saturated rings. The maximum absolute atomic E-state index is 12.8. The predicted octanol–water partition coefficient (Wildman–Crippen LogP) is 7.22. The van der Waals surface area contributed by atoms with Crippen molar-refractivity contribution in [2.24, 2.45) is 0 Å². The smallest absolute Gasteiger partial charge is 0.256 e. The summed E-state index contributed by atoms with van der Waals surface area (Å²) in [7, 11) is 0. The van der Waals surface area contributed by atoms with Crippen LogP contribution in [0, 0.1) is 6.92 Å². The second-order valence-corrected chi connectivity index (χ2v) is 9.45. The van der Waals surface area contributed by atoms with Gasteiger partial charge in [0.15, 0.2) is 0 Å². The van der Waals surface area contributed by atoms with Gasteiger partial charge in [-0.05, 0) is 78.2 Å². The number of fused-ring (bicyclic) bond motifs is 2. The van der Waals surface area contributed by atoms with E-state index >= 15 is 0 Å². The zero-order chi connectivity index (χ0) is 19.8. The highest BCUT2D eigenvalue weighted by Crippen LogP contribution is 2.44. The van der Waals surface area contributed by atoms with E-state index in [0.717, 1.165) is 63.0 Å². The third-order valence-electron chi connectivity index (χ3n) is 5.85. The molecule has 1 aliphatic carbocycles. The molecule has 1 aromatic heterocycles. The van der Waals surface area contributed by atoms with E-state index in [1.165, 1.54) is 36.8 Å². The molecule has 3 nitrogen and oxygen atoms in total. The van der Waals surface area contributed by atoms with Crippen LogP contribution in [-0.2, 0) is 24.1 Å². The molecular formula is C23H25Br2NO2. The Morgan fingerprint density at radius 2 is 1.96 bits per heavy atom. The van der Waals surface area contributed by atoms with Crippen LogP contribution >= 0.6 is 31.9 Å². The topological polar surface area (TPSA) is 42.2 Å². The fourth-order valence-electron chi connectivity index (χ4n) is 4.34. The van der Waals surface area contributed by atoms with Gasteiger partial charge in [0.25, 0.3) is 5.91 Å². The van der Waals surface area contributed by atoms with Crippen LogP contribution in [0.2, 0.25) is 0 Å². The maximum Gasteiger partial charge on any atom is 0.256 e. The number of anilines is 1. The van der Waals surface area contributed by atoms with Crippen molar-refractivity contribution in [1.29, 1.82) is 0 Å². The number of halogens is 2. The summed E-state index contributed by atoms with van der Waals surface area (Å²) < 4.78 is 8.19. The van der Waals surface area contributed by atoms with Crippen molar-refractivity contribution < 1.29 is 9.21 Å². The first kappa shape index (κ1) is 20.0. The summed E-state index contributed by atoms with van der Waals surface area (Å²) >= 11 is 7.20. The molecule has 1 aliphatic heterocycles. The van der Waals surface area contributed by atoms with Gasteiger partial charge in [-0.1, -0.05) is 35.7 Å². The van der Waals surface area contributed by atoms with Crippen LogP contribution < -0.4 is 5.32 Å². The van der Waals surface area contributed by atoms with Gasteiger partial charge in [-0.25, -0.2) is 0 Å². The second-order valence-electron chi connectivity index (χ2n) is 7.74. The predicted molar refractivity (Wildman–Crippen MR) is 122 cm³/mol. The molecule has 0 bridgehead atoms. The summed E-state index contributed by atoms with van der Waals surface area (Å²) in [5.74, 6) is 1.96. The van der Waals surface area contributed by atoms with E-state index in [9.17, 15) is 4.79 Å². The molecule has 0 atom stereocenters. The SMILES string of the molecule is CCCCCc1c(C=C2C(=O)Nc3c(Br)cc(Br)c(C)c32)oc2c1CCCC2. The Bertz CT molecular complexity index is 972. The molecule has 0 saturated heterocycles. The number of hydrogen-bond acceptors (Lipinski definition) is 2. The summed E-state index contributed by atoms with van der Waals surface area (Å²) in [4.78, 5) is 12.8. The van der Waals surface area contributed by atoms with Gasteiger partial charge in [0.05, 0.1) is 11.3 Å². The summed E-state index contributed by atoms with van der Waals surface area (Å²) in [5.41, 5.74) is 6.29. The molecule has 0 radical (unpaired) electrons. The molecule has 4 rings (SSSR count). The summed E-state index contributed by atoms with van der Waals surface area (Å²) in [6, 6.07) is 1.99. The molecule has 5 heteroatoms. The molecular weight excluding hydrogens is 482 g/mol. The third-order valence-corrected chi connectivity index (χ3v) is 7.29. The first-order valence-corrected chi connectivity index (χ1v) is 11.7. The van der Waals surface area contributed by atoms with Crippen LogP contribution in [0.5, 0.6) is 0 Å². The van der Waals surface area contributed by atoms with Crippen molar-refractivity contribution >= 4 is 55.1 Å². The van der Waals surface area contributed by atoms with Crippen LogP contribution in [0.4, 0.5) is 5.69 Å². The molecule has 0 spiro atoms. The highest BCUT2D eigenvalue weighted by atomic mass is 79.9. The van der Waals surface area contributed by atoms with Crippen molar-refractivity contribution in [3.05, 3.63) is 48.8 Å². The summed E-state index contributed by atoms with van der Waals surface area (Å²) in [6.45, 7) is 4.27.